The predicted molar refractivity (Wildman–Crippen MR) is 61.4 cm³/mol. The van der Waals surface area contributed by atoms with Gasteiger partial charge in [-0.05, 0) is 26.2 Å². The zero-order valence-electron chi connectivity index (χ0n) is 10.1. The van der Waals surface area contributed by atoms with Crippen LogP contribution in [0.2, 0.25) is 0 Å². The van der Waals surface area contributed by atoms with Crippen LogP contribution in [0.1, 0.15) is 32.6 Å². The first-order chi connectivity index (χ1) is 7.71. The van der Waals surface area contributed by atoms with E-state index in [2.05, 4.69) is 5.32 Å². The van der Waals surface area contributed by atoms with Gasteiger partial charge in [0.25, 0.3) is 0 Å². The highest BCUT2D eigenvalue weighted by Crippen LogP contribution is 2.24. The van der Waals surface area contributed by atoms with E-state index in [4.69, 9.17) is 9.47 Å². The summed E-state index contributed by atoms with van der Waals surface area (Å²) in [6.07, 6.45) is 4.58. The van der Waals surface area contributed by atoms with Crippen LogP contribution in [0.4, 0.5) is 0 Å². The fraction of sp³-hybridized carbons (Fsp3) is 1.00. The van der Waals surface area contributed by atoms with Crippen LogP contribution in [-0.4, -0.2) is 49.2 Å². The van der Waals surface area contributed by atoms with Gasteiger partial charge in [-0.25, -0.2) is 0 Å². The van der Waals surface area contributed by atoms with Gasteiger partial charge in [-0.1, -0.05) is 0 Å². The van der Waals surface area contributed by atoms with Crippen molar-refractivity contribution in [3.8, 4) is 0 Å². The van der Waals surface area contributed by atoms with E-state index >= 15 is 0 Å². The summed E-state index contributed by atoms with van der Waals surface area (Å²) in [4.78, 5) is 0. The average Bonchev–Trinajstić information content (AvgIpc) is 2.61. The van der Waals surface area contributed by atoms with Gasteiger partial charge in [-0.15, -0.1) is 0 Å². The number of hydrogen-bond acceptors (Lipinski definition) is 4. The Morgan fingerprint density at radius 3 is 2.81 bits per heavy atom. The van der Waals surface area contributed by atoms with Crippen molar-refractivity contribution in [3.63, 3.8) is 0 Å². The molecule has 2 saturated heterocycles. The maximum Gasteiger partial charge on any atom is 0.105 e. The third-order valence-corrected chi connectivity index (χ3v) is 3.74. The molecule has 0 aromatic carbocycles. The quantitative estimate of drug-likeness (QED) is 0.744. The van der Waals surface area contributed by atoms with Gasteiger partial charge in [0.2, 0.25) is 0 Å². The zero-order valence-corrected chi connectivity index (χ0v) is 10.1. The SMILES string of the molecule is CC1OCCC1(O)CNCC1CCCCO1. The molecule has 0 radical (unpaired) electrons. The standard InChI is InChI=1S/C12H23NO3/c1-10-12(14,5-7-15-10)9-13-8-11-4-2-3-6-16-11/h10-11,13-14H,2-9H2,1H3. The molecule has 2 N–H and O–H groups in total. The van der Waals surface area contributed by atoms with Crippen LogP contribution in [0.3, 0.4) is 0 Å². The minimum absolute atomic E-state index is 0.0627. The van der Waals surface area contributed by atoms with Gasteiger partial charge < -0.3 is 19.9 Å². The van der Waals surface area contributed by atoms with Gasteiger partial charge >= 0.3 is 0 Å². The number of ether oxygens (including phenoxy) is 2. The van der Waals surface area contributed by atoms with Gasteiger partial charge in [0.15, 0.2) is 0 Å². The van der Waals surface area contributed by atoms with Crippen LogP contribution in [-0.2, 0) is 9.47 Å². The molecular weight excluding hydrogens is 206 g/mol. The molecular formula is C12H23NO3. The van der Waals surface area contributed by atoms with E-state index in [0.717, 1.165) is 26.0 Å². The molecule has 0 spiro atoms. The third kappa shape index (κ3) is 2.94. The van der Waals surface area contributed by atoms with E-state index in [1.165, 1.54) is 12.8 Å². The van der Waals surface area contributed by atoms with Crippen molar-refractivity contribution in [1.29, 1.82) is 0 Å². The van der Waals surface area contributed by atoms with Gasteiger partial charge in [0, 0.05) is 32.7 Å². The van der Waals surface area contributed by atoms with Crippen molar-refractivity contribution in [3.05, 3.63) is 0 Å². The van der Waals surface area contributed by atoms with Crippen LogP contribution >= 0.6 is 0 Å². The largest absolute Gasteiger partial charge is 0.386 e. The maximum atomic E-state index is 10.3. The molecule has 2 fully saturated rings. The van der Waals surface area contributed by atoms with Crippen molar-refractivity contribution in [2.75, 3.05) is 26.3 Å². The lowest BCUT2D eigenvalue weighted by Crippen LogP contribution is -2.47. The maximum absolute atomic E-state index is 10.3. The van der Waals surface area contributed by atoms with Crippen LogP contribution in [0.5, 0.6) is 0 Å². The molecule has 0 bridgehead atoms. The number of aliphatic hydroxyl groups is 1. The van der Waals surface area contributed by atoms with E-state index in [1.807, 2.05) is 6.92 Å². The van der Waals surface area contributed by atoms with E-state index in [9.17, 15) is 5.11 Å². The lowest BCUT2D eigenvalue weighted by atomic mass is 9.96. The van der Waals surface area contributed by atoms with Crippen LogP contribution in [0.25, 0.3) is 0 Å². The Kier molecular flexibility index (Phi) is 4.19. The second-order valence-corrected chi connectivity index (χ2v) is 4.99. The van der Waals surface area contributed by atoms with Crippen molar-refractivity contribution >= 4 is 0 Å². The summed E-state index contributed by atoms with van der Waals surface area (Å²) in [5, 5.41) is 13.6. The van der Waals surface area contributed by atoms with Gasteiger partial charge in [0.1, 0.15) is 5.60 Å². The van der Waals surface area contributed by atoms with Crippen molar-refractivity contribution < 1.29 is 14.6 Å². The lowest BCUT2D eigenvalue weighted by molar-refractivity contribution is -0.0315. The first kappa shape index (κ1) is 12.3. The average molecular weight is 229 g/mol. The molecule has 2 aliphatic heterocycles. The lowest BCUT2D eigenvalue weighted by Gasteiger charge is -2.28. The normalized spacial score (nSPS) is 40.1. The molecule has 4 heteroatoms. The Balaban J connectivity index is 1.66. The molecule has 0 aromatic heterocycles. The van der Waals surface area contributed by atoms with E-state index < -0.39 is 5.60 Å². The Hall–Kier alpha value is -0.160. The smallest absolute Gasteiger partial charge is 0.105 e. The topological polar surface area (TPSA) is 50.7 Å². The Morgan fingerprint density at radius 1 is 1.31 bits per heavy atom. The summed E-state index contributed by atoms with van der Waals surface area (Å²) in [5.41, 5.74) is -0.686. The first-order valence-corrected chi connectivity index (χ1v) is 6.37. The molecule has 94 valence electrons. The van der Waals surface area contributed by atoms with E-state index in [0.29, 0.717) is 19.3 Å². The summed E-state index contributed by atoms with van der Waals surface area (Å²) in [7, 11) is 0. The monoisotopic (exact) mass is 229 g/mol. The Morgan fingerprint density at radius 2 is 2.19 bits per heavy atom. The molecule has 0 amide bonds. The minimum Gasteiger partial charge on any atom is -0.386 e. The van der Waals surface area contributed by atoms with Gasteiger partial charge in [-0.2, -0.15) is 0 Å². The molecule has 3 atom stereocenters. The molecule has 3 unspecified atom stereocenters. The minimum atomic E-state index is -0.686. The second-order valence-electron chi connectivity index (χ2n) is 4.99. The number of hydrogen-bond donors (Lipinski definition) is 2. The highest BCUT2D eigenvalue weighted by atomic mass is 16.5. The summed E-state index contributed by atoms with van der Waals surface area (Å²) in [6, 6.07) is 0. The second kappa shape index (κ2) is 5.45. The summed E-state index contributed by atoms with van der Waals surface area (Å²) in [5.74, 6) is 0. The Bertz CT molecular complexity index is 218. The van der Waals surface area contributed by atoms with Crippen molar-refractivity contribution in [2.45, 2.75) is 50.4 Å². The summed E-state index contributed by atoms with van der Waals surface area (Å²) >= 11 is 0. The van der Waals surface area contributed by atoms with Crippen molar-refractivity contribution in [1.82, 2.24) is 5.32 Å². The van der Waals surface area contributed by atoms with E-state index in [1.54, 1.807) is 0 Å². The van der Waals surface area contributed by atoms with Gasteiger partial charge in [-0.3, -0.25) is 0 Å². The zero-order chi connectivity index (χ0) is 11.4. The number of nitrogens with one attached hydrogen (secondary N) is 1. The highest BCUT2D eigenvalue weighted by molar-refractivity contribution is 4.91. The van der Waals surface area contributed by atoms with Crippen LogP contribution in [0.15, 0.2) is 0 Å². The molecule has 0 aliphatic carbocycles. The Labute approximate surface area is 97.3 Å². The third-order valence-electron chi connectivity index (χ3n) is 3.74. The molecule has 4 nitrogen and oxygen atoms in total. The molecule has 0 aromatic rings. The fourth-order valence-electron chi connectivity index (χ4n) is 2.42. The molecule has 2 heterocycles. The van der Waals surface area contributed by atoms with Crippen LogP contribution in [0, 0.1) is 0 Å². The number of rotatable bonds is 4. The summed E-state index contributed by atoms with van der Waals surface area (Å²) < 4.78 is 11.0. The van der Waals surface area contributed by atoms with Gasteiger partial charge in [0.05, 0.1) is 12.2 Å². The first-order valence-electron chi connectivity index (χ1n) is 6.37. The van der Waals surface area contributed by atoms with E-state index in [-0.39, 0.29) is 6.10 Å². The highest BCUT2D eigenvalue weighted by Gasteiger charge is 2.39. The molecule has 16 heavy (non-hydrogen) atoms. The summed E-state index contributed by atoms with van der Waals surface area (Å²) in [6.45, 7) is 4.93. The van der Waals surface area contributed by atoms with Crippen molar-refractivity contribution in [2.24, 2.45) is 0 Å². The predicted octanol–water partition coefficient (Wildman–Crippen LogP) is 0.685. The molecule has 2 rings (SSSR count). The van der Waals surface area contributed by atoms with Crippen LogP contribution < -0.4 is 5.32 Å². The molecule has 0 saturated carbocycles. The molecule has 2 aliphatic rings. The fourth-order valence-corrected chi connectivity index (χ4v) is 2.42.